The summed E-state index contributed by atoms with van der Waals surface area (Å²) >= 11 is 0. The zero-order valence-electron chi connectivity index (χ0n) is 16.4. The highest BCUT2D eigenvalue weighted by Gasteiger charge is 2.28. The second-order valence-corrected chi connectivity index (χ2v) is 6.49. The molecule has 0 unspecified atom stereocenters. The quantitative estimate of drug-likeness (QED) is 0.355. The van der Waals surface area contributed by atoms with E-state index in [2.05, 4.69) is 0 Å². The average Bonchev–Trinajstić information content (AvgIpc) is 3.08. The molecule has 1 aliphatic rings. The zero-order chi connectivity index (χ0) is 21.1. The molecule has 0 radical (unpaired) electrons. The number of fused-ring (bicyclic) bond motifs is 1. The maximum absolute atomic E-state index is 12.6. The van der Waals surface area contributed by atoms with Crippen molar-refractivity contribution in [3.63, 3.8) is 0 Å². The number of Topliss-reactive ketones (excluding diaryl/α,β-unsaturated/α-hetero) is 1. The third-order valence-corrected chi connectivity index (χ3v) is 4.57. The van der Waals surface area contributed by atoms with E-state index in [9.17, 15) is 9.59 Å². The van der Waals surface area contributed by atoms with Gasteiger partial charge in [0.2, 0.25) is 5.78 Å². The Balaban J connectivity index is 1.52. The maximum Gasteiger partial charge on any atom is 0.343 e. The van der Waals surface area contributed by atoms with Gasteiger partial charge in [0.05, 0.1) is 25.3 Å². The largest absolute Gasteiger partial charge is 0.497 e. The van der Waals surface area contributed by atoms with Gasteiger partial charge in [-0.1, -0.05) is 12.1 Å². The van der Waals surface area contributed by atoms with Crippen LogP contribution in [0.3, 0.4) is 0 Å². The minimum Gasteiger partial charge on any atom is -0.497 e. The predicted octanol–water partition coefficient (Wildman–Crippen LogP) is 4.54. The number of ketones is 1. The number of allylic oxidation sites excluding steroid dienone is 1. The second-order valence-electron chi connectivity index (χ2n) is 6.49. The summed E-state index contributed by atoms with van der Waals surface area (Å²) in [6.07, 6.45) is 1.65. The van der Waals surface area contributed by atoms with Crippen molar-refractivity contribution < 1.29 is 28.5 Å². The van der Waals surface area contributed by atoms with E-state index in [1.807, 2.05) is 18.2 Å². The summed E-state index contributed by atoms with van der Waals surface area (Å²) in [7, 11) is 3.13. The first kappa shape index (κ1) is 19.3. The van der Waals surface area contributed by atoms with Gasteiger partial charge in [-0.15, -0.1) is 0 Å². The minimum atomic E-state index is -0.519. The lowest BCUT2D eigenvalue weighted by Gasteiger charge is -2.06. The van der Waals surface area contributed by atoms with Gasteiger partial charge in [0.15, 0.2) is 5.76 Å². The Hall–Kier alpha value is -4.06. The molecule has 0 aliphatic carbocycles. The maximum atomic E-state index is 12.6. The van der Waals surface area contributed by atoms with Crippen molar-refractivity contribution in [2.75, 3.05) is 14.2 Å². The summed E-state index contributed by atoms with van der Waals surface area (Å²) < 4.78 is 21.4. The van der Waals surface area contributed by atoms with Crippen LogP contribution in [-0.4, -0.2) is 26.0 Å². The Bertz CT molecular complexity index is 1140. The van der Waals surface area contributed by atoms with E-state index in [1.165, 1.54) is 6.07 Å². The summed E-state index contributed by atoms with van der Waals surface area (Å²) in [5, 5.41) is 0. The highest BCUT2D eigenvalue weighted by Crippen LogP contribution is 2.35. The molecule has 1 aliphatic heterocycles. The number of rotatable bonds is 5. The fraction of sp³-hybridized carbons (Fsp3) is 0.0833. The van der Waals surface area contributed by atoms with E-state index < -0.39 is 5.97 Å². The molecule has 150 valence electrons. The number of hydrogen-bond donors (Lipinski definition) is 0. The molecule has 4 rings (SSSR count). The summed E-state index contributed by atoms with van der Waals surface area (Å²) in [4.78, 5) is 25.0. The molecule has 0 atom stereocenters. The lowest BCUT2D eigenvalue weighted by atomic mass is 10.1. The summed E-state index contributed by atoms with van der Waals surface area (Å²) in [6.45, 7) is 0. The van der Waals surface area contributed by atoms with Crippen LogP contribution in [0.25, 0.3) is 6.08 Å². The lowest BCUT2D eigenvalue weighted by Crippen LogP contribution is -2.08. The molecule has 0 aromatic heterocycles. The van der Waals surface area contributed by atoms with Crippen LogP contribution in [0, 0.1) is 0 Å². The Morgan fingerprint density at radius 1 is 0.867 bits per heavy atom. The van der Waals surface area contributed by atoms with E-state index in [4.69, 9.17) is 18.9 Å². The van der Waals surface area contributed by atoms with Crippen LogP contribution in [0.1, 0.15) is 26.3 Å². The van der Waals surface area contributed by atoms with E-state index in [0.29, 0.717) is 28.4 Å². The molecule has 3 aromatic rings. The second kappa shape index (κ2) is 8.13. The van der Waals surface area contributed by atoms with Crippen molar-refractivity contribution in [3.05, 3.63) is 89.2 Å². The van der Waals surface area contributed by atoms with Crippen molar-refractivity contribution in [3.8, 4) is 23.0 Å². The Labute approximate surface area is 173 Å². The molecule has 0 amide bonds. The van der Waals surface area contributed by atoms with Gasteiger partial charge < -0.3 is 18.9 Å². The van der Waals surface area contributed by atoms with Gasteiger partial charge in [-0.05, 0) is 60.2 Å². The van der Waals surface area contributed by atoms with Gasteiger partial charge >= 0.3 is 5.97 Å². The van der Waals surface area contributed by atoms with Crippen LogP contribution in [0.2, 0.25) is 0 Å². The predicted molar refractivity (Wildman–Crippen MR) is 110 cm³/mol. The van der Waals surface area contributed by atoms with Crippen LogP contribution in [-0.2, 0) is 0 Å². The van der Waals surface area contributed by atoms with Crippen LogP contribution in [0.4, 0.5) is 0 Å². The number of benzene rings is 3. The Morgan fingerprint density at radius 2 is 1.60 bits per heavy atom. The number of esters is 1. The third kappa shape index (κ3) is 3.89. The van der Waals surface area contributed by atoms with Gasteiger partial charge in [-0.2, -0.15) is 0 Å². The topological polar surface area (TPSA) is 71.1 Å². The average molecular weight is 402 g/mol. The summed E-state index contributed by atoms with van der Waals surface area (Å²) in [5.74, 6) is 1.39. The van der Waals surface area contributed by atoms with Gasteiger partial charge in [-0.25, -0.2) is 4.79 Å². The van der Waals surface area contributed by atoms with E-state index >= 15 is 0 Å². The van der Waals surface area contributed by atoms with E-state index in [0.717, 1.165) is 5.56 Å². The Morgan fingerprint density at radius 3 is 2.33 bits per heavy atom. The molecule has 3 aromatic carbocycles. The van der Waals surface area contributed by atoms with Crippen molar-refractivity contribution in [2.24, 2.45) is 0 Å². The lowest BCUT2D eigenvalue weighted by molar-refractivity contribution is 0.0734. The molecule has 1 heterocycles. The number of hydrogen-bond acceptors (Lipinski definition) is 6. The Kier molecular flexibility index (Phi) is 5.22. The molecule has 0 spiro atoms. The normalized spacial score (nSPS) is 13.5. The van der Waals surface area contributed by atoms with Crippen LogP contribution in [0.15, 0.2) is 72.5 Å². The molecule has 0 bridgehead atoms. The first-order valence-electron chi connectivity index (χ1n) is 9.16. The van der Waals surface area contributed by atoms with Crippen LogP contribution < -0.4 is 18.9 Å². The van der Waals surface area contributed by atoms with Crippen molar-refractivity contribution in [2.45, 2.75) is 0 Å². The molecule has 0 saturated carbocycles. The van der Waals surface area contributed by atoms with E-state index in [-0.39, 0.29) is 17.3 Å². The number of methoxy groups -OCH3 is 2. The third-order valence-electron chi connectivity index (χ3n) is 4.57. The molecular formula is C24H18O6. The number of carbonyl (C=O) groups is 2. The van der Waals surface area contributed by atoms with Gasteiger partial charge in [0.1, 0.15) is 23.0 Å². The van der Waals surface area contributed by atoms with Gasteiger partial charge in [0.25, 0.3) is 0 Å². The monoisotopic (exact) mass is 402 g/mol. The molecule has 6 nitrogen and oxygen atoms in total. The number of ether oxygens (including phenoxy) is 4. The molecule has 0 saturated heterocycles. The molecule has 0 fully saturated rings. The minimum absolute atomic E-state index is 0.192. The smallest absolute Gasteiger partial charge is 0.343 e. The summed E-state index contributed by atoms with van der Waals surface area (Å²) in [5.41, 5.74) is 1.57. The fourth-order valence-electron chi connectivity index (χ4n) is 3.01. The molecule has 30 heavy (non-hydrogen) atoms. The van der Waals surface area contributed by atoms with Crippen LogP contribution in [0.5, 0.6) is 23.0 Å². The molecule has 0 N–H and O–H groups in total. The summed E-state index contributed by atoms with van der Waals surface area (Å²) in [6, 6.07) is 18.6. The highest BCUT2D eigenvalue weighted by atomic mass is 16.5. The van der Waals surface area contributed by atoms with Crippen molar-refractivity contribution >= 4 is 17.8 Å². The molecular weight excluding hydrogens is 384 g/mol. The zero-order valence-corrected chi connectivity index (χ0v) is 16.4. The standard InChI is InChI=1S/C24H18O6/c1-27-17-8-6-16(7-9-17)24(26)29-19-10-11-20-21(14-19)30-22(23(20)25)13-15-4-3-5-18(12-15)28-2/h3-14H,1-2H3/b22-13-. The van der Waals surface area contributed by atoms with Gasteiger partial charge in [-0.3, -0.25) is 4.79 Å². The van der Waals surface area contributed by atoms with Crippen molar-refractivity contribution in [1.29, 1.82) is 0 Å². The van der Waals surface area contributed by atoms with Gasteiger partial charge in [0, 0.05) is 6.07 Å². The fourth-order valence-corrected chi connectivity index (χ4v) is 3.01. The number of carbonyl (C=O) groups excluding carboxylic acids is 2. The SMILES string of the molecule is COc1ccc(C(=O)Oc2ccc3c(c2)O/C(=C\c2cccc(OC)c2)C3=O)cc1. The van der Waals surface area contributed by atoms with Crippen molar-refractivity contribution in [1.82, 2.24) is 0 Å². The first-order chi connectivity index (χ1) is 14.6. The molecule has 6 heteroatoms. The van der Waals surface area contributed by atoms with E-state index in [1.54, 1.807) is 62.8 Å². The van der Waals surface area contributed by atoms with Crippen LogP contribution >= 0.6 is 0 Å². The first-order valence-corrected chi connectivity index (χ1v) is 9.16. The highest BCUT2D eigenvalue weighted by molar-refractivity contribution is 6.14.